The molecule has 0 aromatic heterocycles. The lowest BCUT2D eigenvalue weighted by Crippen LogP contribution is -2.43. The highest BCUT2D eigenvalue weighted by Gasteiger charge is 2.28. The van der Waals surface area contributed by atoms with Gasteiger partial charge in [0.15, 0.2) is 15.8 Å². The van der Waals surface area contributed by atoms with Crippen molar-refractivity contribution < 1.29 is 8.42 Å². The minimum Gasteiger partial charge on any atom is -0.353 e. The lowest BCUT2D eigenvalue weighted by molar-refractivity contribution is 0.277. The van der Waals surface area contributed by atoms with Crippen LogP contribution in [0.1, 0.15) is 43.2 Å². The van der Waals surface area contributed by atoms with Crippen LogP contribution in [0.3, 0.4) is 0 Å². The molecule has 0 saturated carbocycles. The van der Waals surface area contributed by atoms with Crippen LogP contribution in [0.2, 0.25) is 0 Å². The fourth-order valence-corrected chi connectivity index (χ4v) is 5.47. The van der Waals surface area contributed by atoms with Gasteiger partial charge in [0.2, 0.25) is 0 Å². The molecule has 0 radical (unpaired) electrons. The number of aliphatic imine (C=N–C) groups is 1. The summed E-state index contributed by atoms with van der Waals surface area (Å²) in [5.41, 5.74) is 2.55. The smallest absolute Gasteiger partial charge is 0.191 e. The van der Waals surface area contributed by atoms with Gasteiger partial charge in [-0.1, -0.05) is 37.1 Å². The SMILES string of the molecule is CN=C(NCc1ccc(CN2CCCCCC2)cc1)NC1CCS(=O)(=O)C1. The average molecular weight is 393 g/mol. The Labute approximate surface area is 163 Å². The van der Waals surface area contributed by atoms with Crippen molar-refractivity contribution in [2.24, 2.45) is 4.99 Å². The standard InChI is InChI=1S/C20H32N4O2S/c1-21-20(23-19-10-13-27(25,26)16-19)22-14-17-6-8-18(9-7-17)15-24-11-4-2-3-5-12-24/h6-9,19H,2-5,10-16H2,1H3,(H2,21,22,23). The van der Waals surface area contributed by atoms with Gasteiger partial charge in [0, 0.05) is 26.2 Å². The first-order chi connectivity index (χ1) is 13.0. The molecule has 27 heavy (non-hydrogen) atoms. The number of nitrogens with one attached hydrogen (secondary N) is 2. The highest BCUT2D eigenvalue weighted by molar-refractivity contribution is 7.91. The number of hydrogen-bond acceptors (Lipinski definition) is 4. The van der Waals surface area contributed by atoms with Crippen LogP contribution in [0.15, 0.2) is 29.3 Å². The fourth-order valence-electron chi connectivity index (χ4n) is 3.80. The molecule has 0 spiro atoms. The lowest BCUT2D eigenvalue weighted by Gasteiger charge is -2.20. The maximum absolute atomic E-state index is 11.6. The molecule has 1 aromatic rings. The van der Waals surface area contributed by atoms with E-state index in [2.05, 4.69) is 44.8 Å². The summed E-state index contributed by atoms with van der Waals surface area (Å²) >= 11 is 0. The summed E-state index contributed by atoms with van der Waals surface area (Å²) in [4.78, 5) is 6.77. The molecular weight excluding hydrogens is 360 g/mol. The Bertz CT molecular complexity index is 723. The van der Waals surface area contributed by atoms with E-state index < -0.39 is 9.84 Å². The van der Waals surface area contributed by atoms with Crippen molar-refractivity contribution in [3.05, 3.63) is 35.4 Å². The molecule has 7 heteroatoms. The number of benzene rings is 1. The zero-order valence-electron chi connectivity index (χ0n) is 16.3. The van der Waals surface area contributed by atoms with Crippen molar-refractivity contribution in [1.82, 2.24) is 15.5 Å². The first-order valence-electron chi connectivity index (χ1n) is 10.0. The number of rotatable bonds is 5. The quantitative estimate of drug-likeness (QED) is 0.592. The first-order valence-corrected chi connectivity index (χ1v) is 11.8. The van der Waals surface area contributed by atoms with Gasteiger partial charge in [0.25, 0.3) is 0 Å². The van der Waals surface area contributed by atoms with Crippen molar-refractivity contribution in [2.75, 3.05) is 31.6 Å². The third-order valence-corrected chi connectivity index (χ3v) is 7.15. The van der Waals surface area contributed by atoms with Crippen molar-refractivity contribution >= 4 is 15.8 Å². The second-order valence-corrected chi connectivity index (χ2v) is 9.91. The van der Waals surface area contributed by atoms with Crippen molar-refractivity contribution in [1.29, 1.82) is 0 Å². The van der Waals surface area contributed by atoms with E-state index in [0.717, 1.165) is 6.54 Å². The Morgan fingerprint density at radius 1 is 1.11 bits per heavy atom. The van der Waals surface area contributed by atoms with Gasteiger partial charge >= 0.3 is 0 Å². The Morgan fingerprint density at radius 2 is 1.78 bits per heavy atom. The second-order valence-electron chi connectivity index (χ2n) is 7.68. The lowest BCUT2D eigenvalue weighted by atomic mass is 10.1. The van der Waals surface area contributed by atoms with Gasteiger partial charge in [-0.25, -0.2) is 8.42 Å². The molecule has 2 heterocycles. The zero-order valence-corrected chi connectivity index (χ0v) is 17.1. The summed E-state index contributed by atoms with van der Waals surface area (Å²) in [5.74, 6) is 1.12. The molecule has 150 valence electrons. The van der Waals surface area contributed by atoms with Gasteiger partial charge in [0.1, 0.15) is 0 Å². The van der Waals surface area contributed by atoms with E-state index in [0.29, 0.717) is 18.9 Å². The van der Waals surface area contributed by atoms with Crippen molar-refractivity contribution in [3.63, 3.8) is 0 Å². The summed E-state index contributed by atoms with van der Waals surface area (Å²) in [6.07, 6.45) is 6.01. The molecule has 2 N–H and O–H groups in total. The largest absolute Gasteiger partial charge is 0.353 e. The van der Waals surface area contributed by atoms with Crippen LogP contribution in [0.25, 0.3) is 0 Å². The molecule has 2 aliphatic heterocycles. The van der Waals surface area contributed by atoms with E-state index in [9.17, 15) is 8.42 Å². The van der Waals surface area contributed by atoms with Crippen LogP contribution in [0, 0.1) is 0 Å². The van der Waals surface area contributed by atoms with E-state index in [4.69, 9.17) is 0 Å². The second kappa shape index (κ2) is 9.55. The van der Waals surface area contributed by atoms with E-state index in [1.807, 2.05) is 0 Å². The highest BCUT2D eigenvalue weighted by atomic mass is 32.2. The third-order valence-electron chi connectivity index (χ3n) is 5.38. The number of hydrogen-bond donors (Lipinski definition) is 2. The maximum atomic E-state index is 11.6. The predicted octanol–water partition coefficient (Wildman–Crippen LogP) is 1.91. The fraction of sp³-hybridized carbons (Fsp3) is 0.650. The summed E-state index contributed by atoms with van der Waals surface area (Å²) in [6.45, 7) is 4.13. The van der Waals surface area contributed by atoms with Crippen molar-refractivity contribution in [2.45, 2.75) is 51.2 Å². The molecule has 2 saturated heterocycles. The van der Waals surface area contributed by atoms with Crippen LogP contribution >= 0.6 is 0 Å². The topological polar surface area (TPSA) is 73.8 Å². The van der Waals surface area contributed by atoms with Gasteiger partial charge in [-0.3, -0.25) is 9.89 Å². The van der Waals surface area contributed by atoms with E-state index in [1.165, 1.54) is 49.9 Å². The number of nitrogens with zero attached hydrogens (tertiary/aromatic N) is 2. The molecule has 0 bridgehead atoms. The summed E-state index contributed by atoms with van der Waals surface area (Å²) < 4.78 is 23.2. The highest BCUT2D eigenvalue weighted by Crippen LogP contribution is 2.14. The Balaban J connectivity index is 1.46. The monoisotopic (exact) mass is 392 g/mol. The number of sulfone groups is 1. The normalized spacial score (nSPS) is 23.7. The maximum Gasteiger partial charge on any atom is 0.191 e. The van der Waals surface area contributed by atoms with Gasteiger partial charge in [-0.15, -0.1) is 0 Å². The molecule has 6 nitrogen and oxygen atoms in total. The van der Waals surface area contributed by atoms with Gasteiger partial charge < -0.3 is 10.6 Å². The van der Waals surface area contributed by atoms with Gasteiger partial charge in [-0.05, 0) is 43.5 Å². The molecule has 0 amide bonds. The van der Waals surface area contributed by atoms with Crippen LogP contribution < -0.4 is 10.6 Å². The molecule has 2 aliphatic rings. The van der Waals surface area contributed by atoms with Crippen LogP contribution in [0.4, 0.5) is 0 Å². The molecule has 2 fully saturated rings. The Hall–Kier alpha value is -1.60. The van der Waals surface area contributed by atoms with Crippen LogP contribution in [-0.4, -0.2) is 57.0 Å². The molecule has 1 aromatic carbocycles. The van der Waals surface area contributed by atoms with Crippen LogP contribution in [-0.2, 0) is 22.9 Å². The summed E-state index contributed by atoms with van der Waals surface area (Å²) in [7, 11) is -1.17. The molecule has 1 atom stereocenters. The molecule has 1 unspecified atom stereocenters. The van der Waals surface area contributed by atoms with Gasteiger partial charge in [0.05, 0.1) is 11.5 Å². The minimum atomic E-state index is -2.89. The van der Waals surface area contributed by atoms with E-state index >= 15 is 0 Å². The minimum absolute atomic E-state index is 0.0443. The average Bonchev–Trinajstić information content (AvgIpc) is 2.84. The van der Waals surface area contributed by atoms with E-state index in [1.54, 1.807) is 7.05 Å². The molecule has 0 aliphatic carbocycles. The molecule has 3 rings (SSSR count). The van der Waals surface area contributed by atoms with E-state index in [-0.39, 0.29) is 17.5 Å². The third kappa shape index (κ3) is 6.50. The number of guanidine groups is 1. The Kier molecular flexibility index (Phi) is 7.13. The van der Waals surface area contributed by atoms with Crippen molar-refractivity contribution in [3.8, 4) is 0 Å². The van der Waals surface area contributed by atoms with Crippen LogP contribution in [0.5, 0.6) is 0 Å². The Morgan fingerprint density at radius 3 is 2.37 bits per heavy atom. The van der Waals surface area contributed by atoms with Gasteiger partial charge in [-0.2, -0.15) is 0 Å². The zero-order chi connectivity index (χ0) is 19.1. The first kappa shape index (κ1) is 20.1. The summed E-state index contributed by atoms with van der Waals surface area (Å²) in [5, 5.41) is 6.50. The number of likely N-dealkylation sites (tertiary alicyclic amines) is 1. The predicted molar refractivity (Wildman–Crippen MR) is 111 cm³/mol. The summed E-state index contributed by atoms with van der Waals surface area (Å²) in [6, 6.07) is 8.70. The molecular formula is C20H32N4O2S.